The second-order valence-electron chi connectivity index (χ2n) is 9.23. The van der Waals surface area contributed by atoms with Crippen LogP contribution in [0, 0.1) is 0 Å². The second-order valence-corrected chi connectivity index (χ2v) is 9.23. The molecule has 0 bridgehead atoms. The van der Waals surface area contributed by atoms with E-state index in [1.807, 2.05) is 91.1 Å². The fraction of sp³-hybridized carbons (Fsp3) is 0. The number of hydrogen-bond donors (Lipinski definition) is 0. The van der Waals surface area contributed by atoms with Crippen molar-refractivity contribution in [1.29, 1.82) is 0 Å². The minimum absolute atomic E-state index is 0.572. The monoisotopic (exact) mass is 488 g/mol. The van der Waals surface area contributed by atoms with Crippen molar-refractivity contribution in [1.82, 2.24) is 28.9 Å². The van der Waals surface area contributed by atoms with Crippen molar-refractivity contribution in [2.75, 3.05) is 0 Å². The van der Waals surface area contributed by atoms with Gasteiger partial charge < -0.3 is 0 Å². The van der Waals surface area contributed by atoms with Crippen molar-refractivity contribution in [3.8, 4) is 28.6 Å². The highest BCUT2D eigenvalue weighted by molar-refractivity contribution is 6.05. The first-order valence-corrected chi connectivity index (χ1v) is 12.5. The molecule has 4 aromatic carbocycles. The maximum absolute atomic E-state index is 5.20. The highest BCUT2D eigenvalue weighted by atomic mass is 15.2. The van der Waals surface area contributed by atoms with Gasteiger partial charge in [-0.05, 0) is 30.3 Å². The quantitative estimate of drug-likeness (QED) is 0.266. The first kappa shape index (κ1) is 20.8. The van der Waals surface area contributed by atoms with Crippen LogP contribution in [-0.4, -0.2) is 28.9 Å². The van der Waals surface area contributed by atoms with Crippen molar-refractivity contribution in [2.24, 2.45) is 0 Å². The number of pyridine rings is 1. The zero-order chi connectivity index (χ0) is 25.1. The standard InChI is InChI=1S/C32H20N6/c1-3-11-21(12-4-1)28-23-15-7-8-16-24(23)35-32(36-28)38-30-26(34-31(38)22-13-5-2-6-14-22)19-18-25-29(30)37-20-10-9-17-27(37)33-25/h1-20H. The third kappa shape index (κ3) is 3.07. The molecule has 0 unspecified atom stereocenters. The summed E-state index contributed by atoms with van der Waals surface area (Å²) in [5.74, 6) is 1.36. The Balaban J connectivity index is 1.56. The minimum Gasteiger partial charge on any atom is -0.298 e. The lowest BCUT2D eigenvalue weighted by molar-refractivity contribution is 0.977. The van der Waals surface area contributed by atoms with Crippen molar-refractivity contribution in [3.05, 3.63) is 121 Å². The van der Waals surface area contributed by atoms with E-state index in [1.165, 1.54) is 0 Å². The summed E-state index contributed by atoms with van der Waals surface area (Å²) >= 11 is 0. The molecule has 0 aliphatic heterocycles. The van der Waals surface area contributed by atoms with Gasteiger partial charge in [-0.2, -0.15) is 0 Å². The number of nitrogens with zero attached hydrogens (tertiary/aromatic N) is 6. The zero-order valence-corrected chi connectivity index (χ0v) is 20.2. The average Bonchev–Trinajstić information content (AvgIpc) is 3.56. The SMILES string of the molecule is c1ccc(-c2nc(-n3c(-c4ccccc4)nc4ccc5nc6ccccn6c5c43)nc3ccccc23)cc1. The van der Waals surface area contributed by atoms with Gasteiger partial charge in [-0.25, -0.2) is 19.9 Å². The molecule has 0 fully saturated rings. The lowest BCUT2D eigenvalue weighted by Gasteiger charge is -2.13. The highest BCUT2D eigenvalue weighted by Crippen LogP contribution is 2.35. The summed E-state index contributed by atoms with van der Waals surface area (Å²) in [5, 5.41) is 1.01. The zero-order valence-electron chi connectivity index (χ0n) is 20.2. The van der Waals surface area contributed by atoms with E-state index in [-0.39, 0.29) is 0 Å². The Morgan fingerprint density at radius 3 is 1.97 bits per heavy atom. The summed E-state index contributed by atoms with van der Waals surface area (Å²) in [7, 11) is 0. The molecule has 0 saturated heterocycles. The summed E-state index contributed by atoms with van der Waals surface area (Å²) in [4.78, 5) is 20.3. The van der Waals surface area contributed by atoms with Gasteiger partial charge in [0.05, 0.1) is 27.8 Å². The number of aromatic nitrogens is 6. The molecule has 0 aliphatic carbocycles. The lowest BCUT2D eigenvalue weighted by atomic mass is 10.1. The molecule has 6 nitrogen and oxygen atoms in total. The summed E-state index contributed by atoms with van der Waals surface area (Å²) in [6.07, 6.45) is 2.04. The molecule has 6 heteroatoms. The van der Waals surface area contributed by atoms with Gasteiger partial charge in [-0.1, -0.05) is 84.9 Å². The molecule has 0 atom stereocenters. The van der Waals surface area contributed by atoms with Gasteiger partial charge in [0.15, 0.2) is 0 Å². The maximum Gasteiger partial charge on any atom is 0.237 e. The van der Waals surface area contributed by atoms with Gasteiger partial charge in [0.25, 0.3) is 0 Å². The van der Waals surface area contributed by atoms with Gasteiger partial charge in [0.1, 0.15) is 17.0 Å². The van der Waals surface area contributed by atoms with E-state index in [4.69, 9.17) is 19.9 Å². The Morgan fingerprint density at radius 1 is 0.474 bits per heavy atom. The Morgan fingerprint density at radius 2 is 1.16 bits per heavy atom. The van der Waals surface area contributed by atoms with Crippen LogP contribution in [0.4, 0.5) is 0 Å². The Kier molecular flexibility index (Phi) is 4.42. The van der Waals surface area contributed by atoms with Crippen LogP contribution in [0.1, 0.15) is 0 Å². The molecule has 4 aromatic heterocycles. The van der Waals surface area contributed by atoms with E-state index in [2.05, 4.69) is 39.3 Å². The van der Waals surface area contributed by atoms with Crippen LogP contribution in [-0.2, 0) is 0 Å². The lowest BCUT2D eigenvalue weighted by Crippen LogP contribution is -2.06. The van der Waals surface area contributed by atoms with Gasteiger partial charge >= 0.3 is 0 Å². The fourth-order valence-corrected chi connectivity index (χ4v) is 5.26. The number of benzene rings is 4. The molecule has 0 spiro atoms. The van der Waals surface area contributed by atoms with Gasteiger partial charge in [-0.15, -0.1) is 0 Å². The Labute approximate surface area is 217 Å². The first-order valence-electron chi connectivity index (χ1n) is 12.5. The van der Waals surface area contributed by atoms with Crippen molar-refractivity contribution in [3.63, 3.8) is 0 Å². The molecule has 0 amide bonds. The van der Waals surface area contributed by atoms with Crippen molar-refractivity contribution in [2.45, 2.75) is 0 Å². The first-order chi connectivity index (χ1) is 18.8. The maximum atomic E-state index is 5.20. The molecule has 8 aromatic rings. The van der Waals surface area contributed by atoms with Crippen molar-refractivity contribution < 1.29 is 0 Å². The summed E-state index contributed by atoms with van der Waals surface area (Å²) in [6.45, 7) is 0. The van der Waals surface area contributed by atoms with E-state index in [0.29, 0.717) is 5.95 Å². The average molecular weight is 489 g/mol. The van der Waals surface area contributed by atoms with E-state index in [1.54, 1.807) is 0 Å². The van der Waals surface area contributed by atoms with Crippen LogP contribution < -0.4 is 0 Å². The number of para-hydroxylation sites is 1. The normalized spacial score (nSPS) is 11.7. The molecular weight excluding hydrogens is 468 g/mol. The molecule has 0 radical (unpaired) electrons. The summed E-state index contributed by atoms with van der Waals surface area (Å²) in [5.41, 5.74) is 8.34. The number of fused-ring (bicyclic) bond motifs is 6. The molecule has 0 saturated carbocycles. The van der Waals surface area contributed by atoms with E-state index in [0.717, 1.165) is 61.3 Å². The predicted octanol–water partition coefficient (Wildman–Crippen LogP) is 7.10. The van der Waals surface area contributed by atoms with Crippen LogP contribution in [0.5, 0.6) is 0 Å². The number of rotatable bonds is 3. The summed E-state index contributed by atoms with van der Waals surface area (Å²) < 4.78 is 4.21. The fourth-order valence-electron chi connectivity index (χ4n) is 5.26. The predicted molar refractivity (Wildman–Crippen MR) is 151 cm³/mol. The minimum atomic E-state index is 0.572. The largest absolute Gasteiger partial charge is 0.298 e. The van der Waals surface area contributed by atoms with Crippen LogP contribution in [0.25, 0.3) is 67.2 Å². The van der Waals surface area contributed by atoms with Gasteiger partial charge in [0.2, 0.25) is 5.95 Å². The Bertz CT molecular complexity index is 2120. The molecule has 178 valence electrons. The van der Waals surface area contributed by atoms with E-state index in [9.17, 15) is 0 Å². The third-order valence-corrected chi connectivity index (χ3v) is 6.96. The smallest absolute Gasteiger partial charge is 0.237 e. The molecule has 38 heavy (non-hydrogen) atoms. The van der Waals surface area contributed by atoms with Crippen LogP contribution in [0.3, 0.4) is 0 Å². The van der Waals surface area contributed by atoms with Gasteiger partial charge in [0, 0.05) is 22.7 Å². The molecule has 0 N–H and O–H groups in total. The molecule has 8 rings (SSSR count). The van der Waals surface area contributed by atoms with Gasteiger partial charge in [-0.3, -0.25) is 8.97 Å². The number of hydrogen-bond acceptors (Lipinski definition) is 4. The number of imidazole rings is 2. The second kappa shape index (κ2) is 8.08. The van der Waals surface area contributed by atoms with E-state index >= 15 is 0 Å². The van der Waals surface area contributed by atoms with Crippen LogP contribution in [0.2, 0.25) is 0 Å². The van der Waals surface area contributed by atoms with E-state index < -0.39 is 0 Å². The molecule has 0 aliphatic rings. The summed E-state index contributed by atoms with van der Waals surface area (Å²) in [6, 6.07) is 38.8. The third-order valence-electron chi connectivity index (χ3n) is 6.96. The van der Waals surface area contributed by atoms with Crippen LogP contribution in [0.15, 0.2) is 121 Å². The highest BCUT2D eigenvalue weighted by Gasteiger charge is 2.22. The topological polar surface area (TPSA) is 60.9 Å². The van der Waals surface area contributed by atoms with Crippen molar-refractivity contribution >= 4 is 38.6 Å². The van der Waals surface area contributed by atoms with Crippen LogP contribution >= 0.6 is 0 Å². The molecule has 4 heterocycles. The molecular formula is C32H20N6. The Hall–Kier alpha value is -5.36.